The molecule has 0 spiro atoms. The van der Waals surface area contributed by atoms with E-state index in [1.807, 2.05) is 30.3 Å². The third-order valence-electron chi connectivity index (χ3n) is 2.57. The summed E-state index contributed by atoms with van der Waals surface area (Å²) in [5.74, 6) is 3.45. The van der Waals surface area contributed by atoms with E-state index in [0.29, 0.717) is 5.32 Å². The van der Waals surface area contributed by atoms with Crippen molar-refractivity contribution in [1.29, 1.82) is 0 Å². The second-order valence-corrected chi connectivity index (χ2v) is 6.06. The molecule has 0 aliphatic rings. The van der Waals surface area contributed by atoms with Gasteiger partial charge in [0.25, 0.3) is 0 Å². The molecule has 2 aromatic carbocycles. The minimum absolute atomic E-state index is 0.00779. The van der Waals surface area contributed by atoms with Crippen LogP contribution in [0.15, 0.2) is 54.6 Å². The number of aliphatic hydroxyl groups is 1. The van der Waals surface area contributed by atoms with Crippen LogP contribution in [0.5, 0.6) is 5.75 Å². The van der Waals surface area contributed by atoms with E-state index in [1.54, 1.807) is 12.1 Å². The molecule has 0 aliphatic heterocycles. The fourth-order valence-electron chi connectivity index (χ4n) is 1.52. The van der Waals surface area contributed by atoms with Gasteiger partial charge in [0.1, 0.15) is 0 Å². The first-order valence-electron chi connectivity index (χ1n) is 6.48. The fraction of sp³-hybridized carbons (Fsp3) is 0.176. The van der Waals surface area contributed by atoms with E-state index >= 15 is 0 Å². The van der Waals surface area contributed by atoms with Gasteiger partial charge in [-0.3, -0.25) is 0 Å². The van der Waals surface area contributed by atoms with Crippen LogP contribution in [-0.4, -0.2) is 32.8 Å². The fourth-order valence-corrected chi connectivity index (χ4v) is 2.70. The van der Waals surface area contributed by atoms with Crippen molar-refractivity contribution in [2.45, 2.75) is 11.4 Å². The number of para-hydroxylation sites is 1. The third kappa shape index (κ3) is 6.01. The molecular formula is C17H15FO2Se. The third-order valence-corrected chi connectivity index (χ3v) is 4.25. The van der Waals surface area contributed by atoms with Gasteiger partial charge in [-0.1, -0.05) is 0 Å². The molecule has 0 aromatic heterocycles. The average molecular weight is 349 g/mol. The summed E-state index contributed by atoms with van der Waals surface area (Å²) in [6, 6.07) is 15.5. The predicted molar refractivity (Wildman–Crippen MR) is 81.8 cm³/mol. The molecule has 0 heterocycles. The number of ether oxygens (including phenoxy) is 1. The Morgan fingerprint density at radius 3 is 2.52 bits per heavy atom. The summed E-state index contributed by atoms with van der Waals surface area (Å²) in [5, 5.41) is 10.4. The zero-order valence-corrected chi connectivity index (χ0v) is 13.0. The van der Waals surface area contributed by atoms with Gasteiger partial charge in [0.2, 0.25) is 0 Å². The van der Waals surface area contributed by atoms with E-state index < -0.39 is 6.10 Å². The molecule has 108 valence electrons. The van der Waals surface area contributed by atoms with Crippen LogP contribution in [0.2, 0.25) is 5.32 Å². The van der Waals surface area contributed by atoms with Gasteiger partial charge >= 0.3 is 130 Å². The number of hydrogen-bond acceptors (Lipinski definition) is 2. The number of benzene rings is 2. The zero-order chi connectivity index (χ0) is 14.9. The quantitative estimate of drug-likeness (QED) is 0.664. The number of aliphatic hydroxyl groups excluding tert-OH is 1. The second kappa shape index (κ2) is 8.49. The summed E-state index contributed by atoms with van der Waals surface area (Å²) in [4.78, 5) is 3.02. The molecule has 0 radical (unpaired) electrons. The Hall–Kier alpha value is -1.79. The Labute approximate surface area is 130 Å². The van der Waals surface area contributed by atoms with E-state index in [4.69, 9.17) is 4.74 Å². The van der Waals surface area contributed by atoms with Crippen molar-refractivity contribution < 1.29 is 14.2 Å². The predicted octanol–water partition coefficient (Wildman–Crippen LogP) is 2.70. The van der Waals surface area contributed by atoms with E-state index in [9.17, 15) is 9.50 Å². The summed E-state index contributed by atoms with van der Waals surface area (Å²) in [6.07, 6.45) is -0.521. The van der Waals surface area contributed by atoms with Crippen LogP contribution in [0.4, 0.5) is 4.39 Å². The number of rotatable bonds is 5. The summed E-state index contributed by atoms with van der Waals surface area (Å²) in [7, 11) is 0. The zero-order valence-electron chi connectivity index (χ0n) is 11.3. The van der Waals surface area contributed by atoms with Crippen molar-refractivity contribution >= 4 is 15.0 Å². The second-order valence-electron chi connectivity index (χ2n) is 4.32. The van der Waals surface area contributed by atoms with Crippen LogP contribution in [0.25, 0.3) is 0 Å². The van der Waals surface area contributed by atoms with Gasteiger partial charge in [-0.15, -0.1) is 0 Å². The maximum absolute atomic E-state index is 12.7. The molecule has 0 saturated heterocycles. The Kier molecular flexibility index (Phi) is 6.30. The summed E-state index contributed by atoms with van der Waals surface area (Å²) in [5.41, 5.74) is 0.785. The molecule has 1 unspecified atom stereocenters. The van der Waals surface area contributed by atoms with Gasteiger partial charge in [-0.05, 0) is 0 Å². The average Bonchev–Trinajstić information content (AvgIpc) is 2.52. The molecule has 0 amide bonds. The van der Waals surface area contributed by atoms with Crippen LogP contribution in [0, 0.1) is 16.6 Å². The molecule has 4 heteroatoms. The van der Waals surface area contributed by atoms with E-state index in [-0.39, 0.29) is 27.4 Å². The van der Waals surface area contributed by atoms with Crippen LogP contribution >= 0.6 is 0 Å². The first kappa shape index (κ1) is 15.6. The van der Waals surface area contributed by atoms with Gasteiger partial charge in [0.15, 0.2) is 0 Å². The van der Waals surface area contributed by atoms with Crippen molar-refractivity contribution in [3.05, 3.63) is 66.0 Å². The molecule has 1 N–H and O–H groups in total. The summed E-state index contributed by atoms with van der Waals surface area (Å²) >= 11 is 0.00779. The molecule has 2 aromatic rings. The molecule has 2 rings (SSSR count). The first-order chi connectivity index (χ1) is 10.2. The van der Waals surface area contributed by atoms with Crippen molar-refractivity contribution in [2.24, 2.45) is 0 Å². The maximum atomic E-state index is 12.7. The van der Waals surface area contributed by atoms with Crippen LogP contribution < -0.4 is 4.74 Å². The number of halogens is 1. The first-order valence-corrected chi connectivity index (χ1v) is 8.55. The molecular weight excluding hydrogens is 334 g/mol. The van der Waals surface area contributed by atoms with Crippen molar-refractivity contribution in [2.75, 3.05) is 6.61 Å². The minimum atomic E-state index is -0.521. The molecule has 2 nitrogen and oxygen atoms in total. The molecule has 0 aliphatic carbocycles. The standard InChI is InChI=1S/C17H15FO2Se/c18-15-8-6-14(7-9-15)10-11-21-13-16(19)12-20-17-4-2-1-3-5-17/h1-9,16,19H,12-13H2. The normalized spacial score (nSPS) is 11.3. The molecule has 1 atom stereocenters. The topological polar surface area (TPSA) is 29.5 Å². The van der Waals surface area contributed by atoms with Crippen molar-refractivity contribution in [1.82, 2.24) is 0 Å². The van der Waals surface area contributed by atoms with E-state index in [1.165, 1.54) is 12.1 Å². The van der Waals surface area contributed by atoms with Gasteiger partial charge < -0.3 is 0 Å². The van der Waals surface area contributed by atoms with Gasteiger partial charge in [-0.2, -0.15) is 0 Å². The number of hydrogen-bond donors (Lipinski definition) is 1. The Balaban J connectivity index is 1.70. The SMILES string of the molecule is OC(COc1ccccc1)C[Se]C#Cc1ccc(F)cc1. The molecule has 0 saturated carbocycles. The molecule has 0 fully saturated rings. The van der Waals surface area contributed by atoms with Crippen molar-refractivity contribution in [3.63, 3.8) is 0 Å². The molecule has 21 heavy (non-hydrogen) atoms. The molecule has 0 bridgehead atoms. The van der Waals surface area contributed by atoms with Gasteiger partial charge in [0.05, 0.1) is 0 Å². The van der Waals surface area contributed by atoms with E-state index in [0.717, 1.165) is 11.3 Å². The van der Waals surface area contributed by atoms with Crippen LogP contribution in [0.1, 0.15) is 5.56 Å². The van der Waals surface area contributed by atoms with E-state index in [2.05, 4.69) is 10.7 Å². The summed E-state index contributed by atoms with van der Waals surface area (Å²) < 4.78 is 18.2. The Bertz CT molecular complexity index is 602. The van der Waals surface area contributed by atoms with Crippen molar-refractivity contribution in [3.8, 4) is 16.5 Å². The summed E-state index contributed by atoms with van der Waals surface area (Å²) in [6.45, 7) is 0.268. The Morgan fingerprint density at radius 2 is 1.81 bits per heavy atom. The monoisotopic (exact) mass is 350 g/mol. The van der Waals surface area contributed by atoms with Crippen LogP contribution in [-0.2, 0) is 0 Å². The van der Waals surface area contributed by atoms with Gasteiger partial charge in [0, 0.05) is 0 Å². The van der Waals surface area contributed by atoms with Gasteiger partial charge in [-0.25, -0.2) is 0 Å². The van der Waals surface area contributed by atoms with Crippen LogP contribution in [0.3, 0.4) is 0 Å². The Morgan fingerprint density at radius 1 is 1.10 bits per heavy atom.